The molecule has 1 heterocycles. The molecule has 0 saturated heterocycles. The number of thiazole rings is 1. The molecule has 80 valence electrons. The van der Waals surface area contributed by atoms with Gasteiger partial charge < -0.3 is 0 Å². The molecule has 0 unspecified atom stereocenters. The van der Waals surface area contributed by atoms with Crippen LogP contribution in [0, 0.1) is 6.92 Å². The highest BCUT2D eigenvalue weighted by molar-refractivity contribution is 7.09. The van der Waals surface area contributed by atoms with E-state index in [1.165, 1.54) is 4.88 Å². The van der Waals surface area contributed by atoms with Gasteiger partial charge in [0.15, 0.2) is 0 Å². The van der Waals surface area contributed by atoms with Gasteiger partial charge >= 0.3 is 0 Å². The van der Waals surface area contributed by atoms with Crippen LogP contribution in [0.25, 0.3) is 0 Å². The van der Waals surface area contributed by atoms with Gasteiger partial charge in [-0.15, -0.1) is 11.3 Å². The van der Waals surface area contributed by atoms with Crippen LogP contribution in [-0.2, 0) is 11.3 Å². The van der Waals surface area contributed by atoms with Crippen LogP contribution in [0.4, 0.5) is 0 Å². The second-order valence-electron chi connectivity index (χ2n) is 4.22. The van der Waals surface area contributed by atoms with Gasteiger partial charge in [0.05, 0.1) is 16.8 Å². The Hall–Kier alpha value is -0.450. The number of hydrogen-bond donors (Lipinski definition) is 1. The fourth-order valence-electron chi connectivity index (χ4n) is 0.998. The maximum atomic E-state index is 5.40. The molecule has 0 atom stereocenters. The van der Waals surface area contributed by atoms with Crippen molar-refractivity contribution in [2.45, 2.75) is 39.7 Å². The number of nitrogens with one attached hydrogen (secondary N) is 1. The molecule has 0 aliphatic heterocycles. The van der Waals surface area contributed by atoms with E-state index < -0.39 is 0 Å². The van der Waals surface area contributed by atoms with Gasteiger partial charge in [0.2, 0.25) is 0 Å². The second-order valence-corrected chi connectivity index (χ2v) is 5.16. The molecule has 0 saturated carbocycles. The summed E-state index contributed by atoms with van der Waals surface area (Å²) in [5.41, 5.74) is 5.86. The van der Waals surface area contributed by atoms with Gasteiger partial charge in [-0.1, -0.05) is 0 Å². The van der Waals surface area contributed by atoms with Crippen molar-refractivity contribution in [3.8, 4) is 0 Å². The lowest BCUT2D eigenvalue weighted by Crippen LogP contribution is -2.30. The minimum atomic E-state index is -0.122. The van der Waals surface area contributed by atoms with Gasteiger partial charge in [-0.3, -0.25) is 4.84 Å². The number of aromatic nitrogens is 1. The van der Waals surface area contributed by atoms with Crippen molar-refractivity contribution in [1.82, 2.24) is 10.5 Å². The van der Waals surface area contributed by atoms with Crippen LogP contribution in [0.15, 0.2) is 5.51 Å². The summed E-state index contributed by atoms with van der Waals surface area (Å²) in [6.07, 6.45) is 0.979. The van der Waals surface area contributed by atoms with Crippen molar-refractivity contribution in [3.05, 3.63) is 16.1 Å². The molecule has 0 aliphatic rings. The van der Waals surface area contributed by atoms with E-state index in [0.717, 1.165) is 18.7 Å². The Morgan fingerprint density at radius 3 is 2.71 bits per heavy atom. The van der Waals surface area contributed by atoms with Crippen molar-refractivity contribution < 1.29 is 4.84 Å². The zero-order chi connectivity index (χ0) is 10.6. The maximum absolute atomic E-state index is 5.40. The van der Waals surface area contributed by atoms with E-state index in [1.807, 2.05) is 33.2 Å². The SMILES string of the molecule is Cc1ncsc1CCNOC(C)(C)C. The van der Waals surface area contributed by atoms with Crippen LogP contribution in [0.3, 0.4) is 0 Å². The quantitative estimate of drug-likeness (QED) is 0.617. The largest absolute Gasteiger partial charge is 0.296 e. The zero-order valence-corrected chi connectivity index (χ0v) is 10.1. The molecule has 0 fully saturated rings. The predicted octanol–water partition coefficient (Wildman–Crippen LogP) is 2.31. The van der Waals surface area contributed by atoms with Crippen LogP contribution in [0.1, 0.15) is 31.3 Å². The number of nitrogens with zero attached hydrogens (tertiary/aromatic N) is 1. The third kappa shape index (κ3) is 4.17. The summed E-state index contributed by atoms with van der Waals surface area (Å²) in [7, 11) is 0. The molecule has 1 aromatic heterocycles. The summed E-state index contributed by atoms with van der Waals surface area (Å²) in [5, 5.41) is 0. The Morgan fingerprint density at radius 2 is 2.21 bits per heavy atom. The van der Waals surface area contributed by atoms with Gasteiger partial charge in [-0.2, -0.15) is 0 Å². The second kappa shape index (κ2) is 4.87. The fourth-order valence-corrected chi connectivity index (χ4v) is 1.78. The Kier molecular flexibility index (Phi) is 4.04. The summed E-state index contributed by atoms with van der Waals surface area (Å²) in [4.78, 5) is 10.9. The lowest BCUT2D eigenvalue weighted by molar-refractivity contribution is -0.0717. The lowest BCUT2D eigenvalue weighted by Gasteiger charge is -2.19. The molecule has 3 nitrogen and oxygen atoms in total. The minimum absolute atomic E-state index is 0.122. The average molecular weight is 214 g/mol. The third-order valence-corrected chi connectivity index (χ3v) is 2.67. The molecule has 1 aromatic rings. The molecule has 0 aliphatic carbocycles. The van der Waals surface area contributed by atoms with Crippen LogP contribution >= 0.6 is 11.3 Å². The Morgan fingerprint density at radius 1 is 1.50 bits per heavy atom. The number of rotatable bonds is 4. The third-order valence-electron chi connectivity index (χ3n) is 1.68. The summed E-state index contributed by atoms with van der Waals surface area (Å²) >= 11 is 1.70. The summed E-state index contributed by atoms with van der Waals surface area (Å²) < 4.78 is 0. The van der Waals surface area contributed by atoms with E-state index in [4.69, 9.17) is 4.84 Å². The topological polar surface area (TPSA) is 34.2 Å². The molecule has 4 heteroatoms. The number of aryl methyl sites for hydroxylation is 1. The Bertz CT molecular complexity index is 278. The van der Waals surface area contributed by atoms with Gasteiger partial charge in [0, 0.05) is 11.4 Å². The molecule has 14 heavy (non-hydrogen) atoms. The molecule has 0 spiro atoms. The highest BCUT2D eigenvalue weighted by Crippen LogP contribution is 2.12. The minimum Gasteiger partial charge on any atom is -0.296 e. The first-order chi connectivity index (χ1) is 6.49. The summed E-state index contributed by atoms with van der Waals surface area (Å²) in [6, 6.07) is 0. The highest BCUT2D eigenvalue weighted by atomic mass is 32.1. The Labute approximate surface area is 89.5 Å². The first-order valence-corrected chi connectivity index (χ1v) is 5.67. The van der Waals surface area contributed by atoms with Gasteiger partial charge in [0.25, 0.3) is 0 Å². The average Bonchev–Trinajstić information content (AvgIpc) is 2.44. The predicted molar refractivity (Wildman–Crippen MR) is 59.4 cm³/mol. The molecule has 1 N–H and O–H groups in total. The molecule has 0 aromatic carbocycles. The van der Waals surface area contributed by atoms with Crippen molar-refractivity contribution in [2.24, 2.45) is 0 Å². The summed E-state index contributed by atoms with van der Waals surface area (Å²) in [5.74, 6) is 0. The fraction of sp³-hybridized carbons (Fsp3) is 0.700. The van der Waals surface area contributed by atoms with Crippen LogP contribution in [0.2, 0.25) is 0 Å². The molecular formula is C10H18N2OS. The monoisotopic (exact) mass is 214 g/mol. The van der Waals surface area contributed by atoms with Crippen molar-refractivity contribution in [2.75, 3.05) is 6.54 Å². The van der Waals surface area contributed by atoms with E-state index in [9.17, 15) is 0 Å². The number of hydrogen-bond acceptors (Lipinski definition) is 4. The normalized spacial score (nSPS) is 12.0. The highest BCUT2D eigenvalue weighted by Gasteiger charge is 2.09. The molecule has 1 rings (SSSR count). The van der Waals surface area contributed by atoms with Crippen molar-refractivity contribution >= 4 is 11.3 Å². The molecular weight excluding hydrogens is 196 g/mol. The smallest absolute Gasteiger partial charge is 0.0812 e. The van der Waals surface area contributed by atoms with Crippen LogP contribution < -0.4 is 5.48 Å². The summed E-state index contributed by atoms with van der Waals surface area (Å²) in [6.45, 7) is 8.95. The Balaban J connectivity index is 2.20. The van der Waals surface area contributed by atoms with E-state index in [1.54, 1.807) is 11.3 Å². The first-order valence-electron chi connectivity index (χ1n) is 4.79. The van der Waals surface area contributed by atoms with E-state index in [2.05, 4.69) is 10.5 Å². The van der Waals surface area contributed by atoms with Crippen molar-refractivity contribution in [1.29, 1.82) is 0 Å². The van der Waals surface area contributed by atoms with E-state index in [-0.39, 0.29) is 5.60 Å². The number of hydroxylamine groups is 1. The van der Waals surface area contributed by atoms with E-state index in [0.29, 0.717) is 0 Å². The lowest BCUT2D eigenvalue weighted by atomic mass is 10.2. The van der Waals surface area contributed by atoms with Gasteiger partial charge in [-0.25, -0.2) is 10.5 Å². The molecule has 0 bridgehead atoms. The van der Waals surface area contributed by atoms with Crippen LogP contribution in [0.5, 0.6) is 0 Å². The first kappa shape index (κ1) is 11.6. The molecule has 0 amide bonds. The van der Waals surface area contributed by atoms with Crippen molar-refractivity contribution in [3.63, 3.8) is 0 Å². The van der Waals surface area contributed by atoms with Gasteiger partial charge in [-0.05, 0) is 34.1 Å². The zero-order valence-electron chi connectivity index (χ0n) is 9.26. The van der Waals surface area contributed by atoms with E-state index >= 15 is 0 Å². The van der Waals surface area contributed by atoms with Crippen LogP contribution in [-0.4, -0.2) is 17.1 Å². The molecule has 0 radical (unpaired) electrons. The van der Waals surface area contributed by atoms with Gasteiger partial charge in [0.1, 0.15) is 0 Å². The maximum Gasteiger partial charge on any atom is 0.0812 e. The standard InChI is InChI=1S/C10H18N2OS/c1-8-9(14-7-11-8)5-6-12-13-10(2,3)4/h7,12H,5-6H2,1-4H3.